The maximum Gasteiger partial charge on any atom is 0.370 e. The molecule has 0 aliphatic heterocycles. The Hall–Kier alpha value is -0.250. The summed E-state index contributed by atoms with van der Waals surface area (Å²) < 4.78 is 27.5. The zero-order valence-electron chi connectivity index (χ0n) is 12.0. The number of rotatable bonds is 6. The second-order valence-corrected chi connectivity index (χ2v) is 8.15. The predicted octanol–water partition coefficient (Wildman–Crippen LogP) is 0.984. The van der Waals surface area contributed by atoms with Crippen LogP contribution in [0.1, 0.15) is 6.92 Å². The Kier molecular flexibility index (Phi) is 10.7. The summed E-state index contributed by atoms with van der Waals surface area (Å²) in [6.07, 6.45) is -0.0556. The summed E-state index contributed by atoms with van der Waals surface area (Å²) in [6.45, 7) is 2.43. The van der Waals surface area contributed by atoms with E-state index in [1.807, 2.05) is 0 Å². The lowest BCUT2D eigenvalue weighted by Gasteiger charge is -2.15. The molecule has 0 spiro atoms. The van der Waals surface area contributed by atoms with Crippen LogP contribution in [0.3, 0.4) is 0 Å². The van der Waals surface area contributed by atoms with E-state index in [4.69, 9.17) is 19.6 Å². The topological polar surface area (TPSA) is 114 Å². The van der Waals surface area contributed by atoms with Crippen molar-refractivity contribution in [2.45, 2.75) is 6.92 Å². The van der Waals surface area contributed by atoms with Gasteiger partial charge in [-0.1, -0.05) is 0 Å². The van der Waals surface area contributed by atoms with E-state index in [0.717, 1.165) is 0 Å². The van der Waals surface area contributed by atoms with Crippen molar-refractivity contribution in [3.63, 3.8) is 0 Å². The van der Waals surface area contributed by atoms with Crippen LogP contribution in [0.4, 0.5) is 0 Å². The van der Waals surface area contributed by atoms with Crippen molar-refractivity contribution in [1.82, 2.24) is 9.57 Å². The second kappa shape index (κ2) is 9.62. The fourth-order valence-electron chi connectivity index (χ4n) is 0.739. The number of hydrogen-bond donors (Lipinski definition) is 2. The van der Waals surface area contributed by atoms with Gasteiger partial charge >= 0.3 is 15.1 Å². The fourth-order valence-corrected chi connectivity index (χ4v) is 2.22. The Morgan fingerprint density at radius 1 is 1.21 bits per heavy atom. The Morgan fingerprint density at radius 2 is 1.68 bits per heavy atom. The first-order chi connectivity index (χ1) is 8.48. The molecular weight excluding hydrogens is 292 g/mol. The fraction of sp³-hybridized carbons (Fsp3) is 0.889. The molecule has 0 aromatic heterocycles. The highest BCUT2D eigenvalue weighted by Crippen LogP contribution is 2.46. The third-order valence-electron chi connectivity index (χ3n) is 1.80. The minimum atomic E-state index is -3.76. The molecule has 0 saturated heterocycles. The van der Waals surface area contributed by atoms with Crippen molar-refractivity contribution in [1.29, 1.82) is 5.26 Å². The maximum absolute atomic E-state index is 11.2. The molecule has 0 aromatic rings. The van der Waals surface area contributed by atoms with E-state index in [0.29, 0.717) is 13.2 Å². The quantitative estimate of drug-likeness (QED) is 0.697. The summed E-state index contributed by atoms with van der Waals surface area (Å²) in [5.41, 5.74) is 0. The van der Waals surface area contributed by atoms with Gasteiger partial charge in [-0.3, -0.25) is 9.13 Å². The highest BCUT2D eigenvalue weighted by atomic mass is 31.2. The van der Waals surface area contributed by atoms with Crippen LogP contribution >= 0.6 is 15.1 Å². The number of nitrogens with zero attached hydrogens (tertiary/aromatic N) is 3. The highest BCUT2D eigenvalue weighted by molar-refractivity contribution is 7.61. The van der Waals surface area contributed by atoms with Gasteiger partial charge in [-0.15, -0.1) is 0 Å². The normalized spacial score (nSPS) is 14.5. The predicted molar refractivity (Wildman–Crippen MR) is 74.0 cm³/mol. The molecular formula is C9H23N3O5P2. The van der Waals surface area contributed by atoms with Crippen LogP contribution in [0.5, 0.6) is 0 Å². The van der Waals surface area contributed by atoms with Gasteiger partial charge in [0.2, 0.25) is 0 Å². The third-order valence-corrected chi connectivity index (χ3v) is 4.49. The Morgan fingerprint density at radius 3 is 1.79 bits per heavy atom. The molecule has 0 fully saturated rings. The molecule has 0 saturated carbocycles. The molecule has 8 nitrogen and oxygen atoms in total. The van der Waals surface area contributed by atoms with Crippen molar-refractivity contribution in [2.24, 2.45) is 0 Å². The van der Waals surface area contributed by atoms with E-state index in [-0.39, 0.29) is 6.16 Å². The monoisotopic (exact) mass is 315 g/mol. The van der Waals surface area contributed by atoms with Crippen LogP contribution in [-0.2, 0) is 13.7 Å². The van der Waals surface area contributed by atoms with Crippen LogP contribution in [0.25, 0.3) is 0 Å². The van der Waals surface area contributed by atoms with Crippen molar-refractivity contribution < 1.29 is 23.4 Å². The molecule has 19 heavy (non-hydrogen) atoms. The SMILES string of the molecule is CCOP(=O)(C#N)N(C)C.CN(C)CCP(=O)(O)O. The number of hydrogen-bond acceptors (Lipinski definition) is 5. The lowest BCUT2D eigenvalue weighted by atomic mass is 10.7. The molecule has 1 unspecified atom stereocenters. The zero-order chi connectivity index (χ0) is 15.7. The summed E-state index contributed by atoms with van der Waals surface area (Å²) in [5.74, 6) is 1.64. The molecule has 0 aliphatic rings. The Bertz CT molecular complexity index is 375. The molecule has 0 aromatic carbocycles. The summed E-state index contributed by atoms with van der Waals surface area (Å²) in [6, 6.07) is 0. The van der Waals surface area contributed by atoms with E-state index in [2.05, 4.69) is 0 Å². The molecule has 0 aliphatic carbocycles. The van der Waals surface area contributed by atoms with Crippen LogP contribution < -0.4 is 0 Å². The molecule has 2 N–H and O–H groups in total. The Labute approximate surface area is 114 Å². The summed E-state index contributed by atoms with van der Waals surface area (Å²) >= 11 is 0. The van der Waals surface area contributed by atoms with Crippen molar-refractivity contribution in [2.75, 3.05) is 47.5 Å². The van der Waals surface area contributed by atoms with E-state index < -0.39 is 15.1 Å². The molecule has 0 bridgehead atoms. The molecule has 1 atom stereocenters. The van der Waals surface area contributed by atoms with Gasteiger partial charge in [0.15, 0.2) is 5.81 Å². The van der Waals surface area contributed by atoms with Gasteiger partial charge in [0.25, 0.3) is 0 Å². The first-order valence-electron chi connectivity index (χ1n) is 5.51. The zero-order valence-corrected chi connectivity index (χ0v) is 13.8. The second-order valence-electron chi connectivity index (χ2n) is 4.08. The van der Waals surface area contributed by atoms with Gasteiger partial charge < -0.3 is 19.2 Å². The lowest BCUT2D eigenvalue weighted by molar-refractivity contribution is 0.307. The van der Waals surface area contributed by atoms with Gasteiger partial charge in [-0.25, -0.2) is 4.67 Å². The standard InChI is InChI=1S/C5H11N2O2P.C4H12NO3P/c1-4-9-10(8,5-6)7(2)3;1-5(2)3-4-9(6,7)8/h4H2,1-3H3;3-4H2,1-2H3,(H2,6,7,8). The van der Waals surface area contributed by atoms with Crippen molar-refractivity contribution in [3.8, 4) is 5.81 Å². The van der Waals surface area contributed by atoms with Gasteiger partial charge in [-0.2, -0.15) is 5.26 Å². The highest BCUT2D eigenvalue weighted by Gasteiger charge is 2.24. The largest absolute Gasteiger partial charge is 0.370 e. The minimum Gasteiger partial charge on any atom is -0.324 e. The van der Waals surface area contributed by atoms with Crippen molar-refractivity contribution in [3.05, 3.63) is 0 Å². The van der Waals surface area contributed by atoms with Crippen LogP contribution in [0.2, 0.25) is 0 Å². The first-order valence-corrected chi connectivity index (χ1v) is 8.89. The van der Waals surface area contributed by atoms with Crippen LogP contribution in [0, 0.1) is 11.1 Å². The molecule has 0 heterocycles. The van der Waals surface area contributed by atoms with Gasteiger partial charge in [0, 0.05) is 6.54 Å². The lowest BCUT2D eigenvalue weighted by Crippen LogP contribution is -2.16. The summed E-state index contributed by atoms with van der Waals surface area (Å²) in [5, 5.41) is 8.41. The molecule has 114 valence electrons. The molecule has 0 radical (unpaired) electrons. The van der Waals surface area contributed by atoms with Gasteiger partial charge in [0.1, 0.15) is 0 Å². The average molecular weight is 315 g/mol. The smallest absolute Gasteiger partial charge is 0.324 e. The molecule has 0 rings (SSSR count). The third kappa shape index (κ3) is 12.5. The van der Waals surface area contributed by atoms with Crippen LogP contribution in [0.15, 0.2) is 0 Å². The van der Waals surface area contributed by atoms with Crippen molar-refractivity contribution >= 4 is 15.1 Å². The van der Waals surface area contributed by atoms with Crippen LogP contribution in [-0.4, -0.2) is 66.9 Å². The van der Waals surface area contributed by atoms with E-state index in [1.54, 1.807) is 45.8 Å². The van der Waals surface area contributed by atoms with E-state index >= 15 is 0 Å². The summed E-state index contributed by atoms with van der Waals surface area (Å²) in [4.78, 5) is 18.4. The van der Waals surface area contributed by atoms with E-state index in [1.165, 1.54) is 4.67 Å². The minimum absolute atomic E-state index is 0.0556. The number of nitriles is 1. The maximum atomic E-state index is 11.2. The van der Waals surface area contributed by atoms with Gasteiger partial charge in [0.05, 0.1) is 12.8 Å². The first kappa shape index (κ1) is 21.1. The average Bonchev–Trinajstić information content (AvgIpc) is 2.26. The van der Waals surface area contributed by atoms with E-state index in [9.17, 15) is 9.13 Å². The summed E-state index contributed by atoms with van der Waals surface area (Å²) in [7, 11) is -0.237. The molecule has 10 heteroatoms. The van der Waals surface area contributed by atoms with Gasteiger partial charge in [-0.05, 0) is 35.1 Å². The Balaban J connectivity index is 0. The molecule has 0 amide bonds.